The van der Waals surface area contributed by atoms with Gasteiger partial charge in [0.15, 0.2) is 0 Å². The Hall–Kier alpha value is -1.65. The standard InChI is InChI=1S/C13H17NO3/c1-13(9-15,10-16)14-12(17)8-7-11-5-3-2-4-6-11/h2-8,15-16H,9-10H2,1H3,(H,14,17). The lowest BCUT2D eigenvalue weighted by molar-refractivity contribution is -0.119. The number of carbonyl (C=O) groups is 1. The maximum Gasteiger partial charge on any atom is 0.244 e. The molecular formula is C13H17NO3. The minimum absolute atomic E-state index is 0.311. The van der Waals surface area contributed by atoms with Crippen LogP contribution in [0.4, 0.5) is 0 Å². The minimum Gasteiger partial charge on any atom is -0.394 e. The zero-order valence-electron chi connectivity index (χ0n) is 9.76. The van der Waals surface area contributed by atoms with E-state index in [0.717, 1.165) is 5.56 Å². The van der Waals surface area contributed by atoms with Gasteiger partial charge >= 0.3 is 0 Å². The zero-order chi connectivity index (χ0) is 12.7. The van der Waals surface area contributed by atoms with Crippen LogP contribution in [-0.4, -0.2) is 34.9 Å². The van der Waals surface area contributed by atoms with Crippen LogP contribution >= 0.6 is 0 Å². The molecule has 4 heteroatoms. The van der Waals surface area contributed by atoms with Crippen molar-refractivity contribution in [1.29, 1.82) is 0 Å². The number of hydrogen-bond acceptors (Lipinski definition) is 3. The summed E-state index contributed by atoms with van der Waals surface area (Å²) in [6.07, 6.45) is 3.05. The van der Waals surface area contributed by atoms with Crippen molar-refractivity contribution in [2.45, 2.75) is 12.5 Å². The number of aliphatic hydroxyl groups excluding tert-OH is 2. The number of hydrogen-bond donors (Lipinski definition) is 3. The van der Waals surface area contributed by atoms with Crippen LogP contribution in [0.25, 0.3) is 6.08 Å². The van der Waals surface area contributed by atoms with Gasteiger partial charge in [0.25, 0.3) is 0 Å². The monoisotopic (exact) mass is 235 g/mol. The smallest absolute Gasteiger partial charge is 0.244 e. The van der Waals surface area contributed by atoms with Crippen molar-refractivity contribution in [2.75, 3.05) is 13.2 Å². The fraction of sp³-hybridized carbons (Fsp3) is 0.308. The number of aliphatic hydroxyl groups is 2. The molecule has 0 aliphatic rings. The first-order valence-corrected chi connectivity index (χ1v) is 5.37. The summed E-state index contributed by atoms with van der Waals surface area (Å²) in [5.41, 5.74) is -0.0738. The lowest BCUT2D eigenvalue weighted by Crippen LogP contribution is -2.51. The summed E-state index contributed by atoms with van der Waals surface area (Å²) in [4.78, 5) is 11.5. The summed E-state index contributed by atoms with van der Waals surface area (Å²) < 4.78 is 0. The van der Waals surface area contributed by atoms with Gasteiger partial charge in [0.1, 0.15) is 0 Å². The molecular weight excluding hydrogens is 218 g/mol. The van der Waals surface area contributed by atoms with Crippen molar-refractivity contribution in [3.05, 3.63) is 42.0 Å². The summed E-state index contributed by atoms with van der Waals surface area (Å²) >= 11 is 0. The molecule has 17 heavy (non-hydrogen) atoms. The van der Waals surface area contributed by atoms with Gasteiger partial charge in [-0.05, 0) is 18.6 Å². The van der Waals surface area contributed by atoms with Crippen molar-refractivity contribution in [2.24, 2.45) is 0 Å². The Kier molecular flexibility index (Phi) is 4.87. The normalized spacial score (nSPS) is 11.7. The quantitative estimate of drug-likeness (QED) is 0.653. The molecule has 0 heterocycles. The molecule has 0 radical (unpaired) electrons. The Morgan fingerprint density at radius 2 is 1.88 bits per heavy atom. The predicted octanol–water partition coefficient (Wildman–Crippen LogP) is 0.559. The molecule has 0 aromatic heterocycles. The fourth-order valence-corrected chi connectivity index (χ4v) is 1.20. The average molecular weight is 235 g/mol. The van der Waals surface area contributed by atoms with E-state index in [2.05, 4.69) is 5.32 Å². The van der Waals surface area contributed by atoms with Gasteiger partial charge < -0.3 is 15.5 Å². The van der Waals surface area contributed by atoms with E-state index in [9.17, 15) is 4.79 Å². The molecule has 0 saturated carbocycles. The lowest BCUT2D eigenvalue weighted by atomic mass is 10.1. The highest BCUT2D eigenvalue weighted by molar-refractivity contribution is 5.92. The second kappa shape index (κ2) is 6.18. The third-order valence-electron chi connectivity index (χ3n) is 2.35. The molecule has 4 nitrogen and oxygen atoms in total. The van der Waals surface area contributed by atoms with E-state index in [0.29, 0.717) is 0 Å². The van der Waals surface area contributed by atoms with Crippen LogP contribution in [0.1, 0.15) is 12.5 Å². The largest absolute Gasteiger partial charge is 0.394 e. The van der Waals surface area contributed by atoms with Gasteiger partial charge in [0, 0.05) is 6.08 Å². The van der Waals surface area contributed by atoms with Crippen LogP contribution in [-0.2, 0) is 4.79 Å². The molecule has 1 aromatic rings. The number of rotatable bonds is 5. The van der Waals surface area contributed by atoms with Crippen LogP contribution in [0.15, 0.2) is 36.4 Å². The first-order valence-electron chi connectivity index (χ1n) is 5.37. The van der Waals surface area contributed by atoms with Crippen molar-refractivity contribution < 1.29 is 15.0 Å². The molecule has 0 spiro atoms. The highest BCUT2D eigenvalue weighted by atomic mass is 16.3. The van der Waals surface area contributed by atoms with Crippen LogP contribution in [0.3, 0.4) is 0 Å². The topological polar surface area (TPSA) is 69.6 Å². The molecule has 0 aliphatic heterocycles. The predicted molar refractivity (Wildman–Crippen MR) is 66.2 cm³/mol. The Bertz CT molecular complexity index is 383. The summed E-state index contributed by atoms with van der Waals surface area (Å²) in [7, 11) is 0. The van der Waals surface area contributed by atoms with Crippen LogP contribution in [0.2, 0.25) is 0 Å². The van der Waals surface area contributed by atoms with Gasteiger partial charge in [-0.1, -0.05) is 30.3 Å². The molecule has 0 saturated heterocycles. The fourth-order valence-electron chi connectivity index (χ4n) is 1.20. The van der Waals surface area contributed by atoms with Gasteiger partial charge in [0.2, 0.25) is 5.91 Å². The number of carbonyl (C=O) groups excluding carboxylic acids is 1. The molecule has 1 amide bonds. The van der Waals surface area contributed by atoms with Crippen molar-refractivity contribution in [3.63, 3.8) is 0 Å². The highest BCUT2D eigenvalue weighted by Gasteiger charge is 2.23. The molecule has 0 bridgehead atoms. The van der Waals surface area contributed by atoms with Gasteiger partial charge in [0.05, 0.1) is 18.8 Å². The van der Waals surface area contributed by atoms with E-state index < -0.39 is 5.54 Å². The molecule has 0 atom stereocenters. The highest BCUT2D eigenvalue weighted by Crippen LogP contribution is 2.03. The van der Waals surface area contributed by atoms with E-state index in [4.69, 9.17) is 10.2 Å². The van der Waals surface area contributed by atoms with Crippen LogP contribution in [0, 0.1) is 0 Å². The third kappa shape index (κ3) is 4.38. The van der Waals surface area contributed by atoms with Crippen molar-refractivity contribution >= 4 is 12.0 Å². The van der Waals surface area contributed by atoms with Crippen molar-refractivity contribution in [1.82, 2.24) is 5.32 Å². The van der Waals surface area contributed by atoms with E-state index in [-0.39, 0.29) is 19.1 Å². The molecule has 0 aliphatic carbocycles. The summed E-state index contributed by atoms with van der Waals surface area (Å²) in [5.74, 6) is -0.348. The third-order valence-corrected chi connectivity index (χ3v) is 2.35. The molecule has 1 aromatic carbocycles. The first kappa shape index (κ1) is 13.4. The van der Waals surface area contributed by atoms with E-state index in [1.807, 2.05) is 30.3 Å². The van der Waals surface area contributed by atoms with Crippen LogP contribution in [0.5, 0.6) is 0 Å². The zero-order valence-corrected chi connectivity index (χ0v) is 9.76. The Morgan fingerprint density at radius 1 is 1.29 bits per heavy atom. The summed E-state index contributed by atoms with van der Waals surface area (Å²) in [6.45, 7) is 0.949. The molecule has 3 N–H and O–H groups in total. The van der Waals surface area contributed by atoms with E-state index in [1.165, 1.54) is 6.08 Å². The molecule has 1 rings (SSSR count). The molecule has 0 fully saturated rings. The Morgan fingerprint density at radius 3 is 2.41 bits per heavy atom. The average Bonchev–Trinajstić information content (AvgIpc) is 2.37. The Balaban J connectivity index is 2.59. The maximum absolute atomic E-state index is 11.5. The molecule has 0 unspecified atom stereocenters. The number of nitrogens with one attached hydrogen (secondary N) is 1. The second-order valence-electron chi connectivity index (χ2n) is 4.11. The SMILES string of the molecule is CC(CO)(CO)NC(=O)C=Cc1ccccc1. The molecule has 92 valence electrons. The Labute approximate surface area is 101 Å². The minimum atomic E-state index is -0.988. The lowest BCUT2D eigenvalue weighted by Gasteiger charge is -2.25. The van der Waals surface area contributed by atoms with Gasteiger partial charge in [-0.2, -0.15) is 0 Å². The van der Waals surface area contributed by atoms with E-state index >= 15 is 0 Å². The van der Waals surface area contributed by atoms with E-state index in [1.54, 1.807) is 13.0 Å². The number of benzene rings is 1. The summed E-state index contributed by atoms with van der Waals surface area (Å²) in [6, 6.07) is 9.40. The van der Waals surface area contributed by atoms with Gasteiger partial charge in [-0.15, -0.1) is 0 Å². The second-order valence-corrected chi connectivity index (χ2v) is 4.11. The van der Waals surface area contributed by atoms with Crippen molar-refractivity contribution in [3.8, 4) is 0 Å². The maximum atomic E-state index is 11.5. The summed E-state index contributed by atoms with van der Waals surface area (Å²) in [5, 5.41) is 20.6. The van der Waals surface area contributed by atoms with Gasteiger partial charge in [-0.3, -0.25) is 4.79 Å². The van der Waals surface area contributed by atoms with Gasteiger partial charge in [-0.25, -0.2) is 0 Å². The first-order chi connectivity index (χ1) is 8.09. The number of amides is 1. The van der Waals surface area contributed by atoms with Crippen LogP contribution < -0.4 is 5.32 Å².